The van der Waals surface area contributed by atoms with Gasteiger partial charge in [-0.2, -0.15) is 0 Å². The van der Waals surface area contributed by atoms with Crippen molar-refractivity contribution in [1.29, 1.82) is 0 Å². The topological polar surface area (TPSA) is 94.2 Å². The van der Waals surface area contributed by atoms with Crippen LogP contribution in [0.3, 0.4) is 0 Å². The van der Waals surface area contributed by atoms with Crippen LogP contribution in [0.25, 0.3) is 5.57 Å². The number of rotatable bonds is 6. The van der Waals surface area contributed by atoms with Gasteiger partial charge in [0, 0.05) is 83.4 Å². The van der Waals surface area contributed by atoms with Gasteiger partial charge in [0.05, 0.1) is 24.2 Å². The van der Waals surface area contributed by atoms with Crippen molar-refractivity contribution >= 4 is 22.8 Å². The Morgan fingerprint density at radius 3 is 2.44 bits per heavy atom. The molecule has 41 heavy (non-hydrogen) atoms. The minimum absolute atomic E-state index is 0.200. The quantitative estimate of drug-likeness (QED) is 0.546. The number of aliphatic imine (C=N–C) groups is 2. The fraction of sp³-hybridized carbons (Fsp3) is 0.613. The summed E-state index contributed by atoms with van der Waals surface area (Å²) in [5.74, 6) is 2.35. The number of piperidine rings is 1. The summed E-state index contributed by atoms with van der Waals surface area (Å²) in [6.45, 7) is 10.5. The van der Waals surface area contributed by atoms with Crippen LogP contribution >= 0.6 is 0 Å². The first-order chi connectivity index (χ1) is 19.9. The van der Waals surface area contributed by atoms with E-state index in [-0.39, 0.29) is 6.04 Å². The number of benzene rings is 1. The lowest BCUT2D eigenvalue weighted by Gasteiger charge is -2.42. The number of anilines is 1. The molecule has 10 nitrogen and oxygen atoms in total. The van der Waals surface area contributed by atoms with Crippen LogP contribution in [0.2, 0.25) is 0 Å². The van der Waals surface area contributed by atoms with E-state index in [9.17, 15) is 0 Å². The van der Waals surface area contributed by atoms with E-state index in [0.29, 0.717) is 17.9 Å². The van der Waals surface area contributed by atoms with Crippen LogP contribution < -0.4 is 20.7 Å². The first-order valence-corrected chi connectivity index (χ1v) is 15.2. The number of likely N-dealkylation sites (N-methyl/N-ethyl adjacent to an activating group) is 2. The van der Waals surface area contributed by atoms with Crippen molar-refractivity contribution < 1.29 is 9.47 Å². The molecule has 1 aromatic rings. The van der Waals surface area contributed by atoms with Gasteiger partial charge in [-0.25, -0.2) is 9.98 Å². The second kappa shape index (κ2) is 12.0. The zero-order valence-corrected chi connectivity index (χ0v) is 25.1. The van der Waals surface area contributed by atoms with E-state index in [1.807, 2.05) is 6.20 Å². The maximum Gasteiger partial charge on any atom is 0.145 e. The number of ether oxygens (including phenoxy) is 2. The SMILES string of the molecule is COc1cc(C2=CN=C(N)C3C2=NC(NC2CCOCC2)=C(C)N3C)ccc1N1CCC(N2CCN(C)CC2)CC1. The van der Waals surface area contributed by atoms with Crippen LogP contribution in [0.4, 0.5) is 5.69 Å². The van der Waals surface area contributed by atoms with Crippen molar-refractivity contribution in [3.63, 3.8) is 0 Å². The Labute approximate surface area is 244 Å². The van der Waals surface area contributed by atoms with Gasteiger partial charge in [0.25, 0.3) is 0 Å². The van der Waals surface area contributed by atoms with Crippen molar-refractivity contribution in [2.24, 2.45) is 15.7 Å². The molecule has 6 rings (SSSR count). The van der Waals surface area contributed by atoms with Crippen LogP contribution in [0.15, 0.2) is 45.9 Å². The maximum atomic E-state index is 6.45. The third-order valence-electron chi connectivity index (χ3n) is 9.56. The van der Waals surface area contributed by atoms with Crippen LogP contribution in [0, 0.1) is 0 Å². The summed E-state index contributed by atoms with van der Waals surface area (Å²) in [4.78, 5) is 19.6. The van der Waals surface area contributed by atoms with Gasteiger partial charge in [0.2, 0.25) is 0 Å². The molecule has 0 spiro atoms. The van der Waals surface area contributed by atoms with Gasteiger partial charge in [-0.1, -0.05) is 6.07 Å². The molecule has 5 aliphatic rings. The molecule has 1 aromatic carbocycles. The minimum Gasteiger partial charge on any atom is -0.495 e. The number of piperazine rings is 1. The molecule has 222 valence electrons. The van der Waals surface area contributed by atoms with Crippen LogP contribution in [-0.4, -0.2) is 118 Å². The van der Waals surface area contributed by atoms with E-state index in [4.69, 9.17) is 20.2 Å². The number of hydrogen-bond donors (Lipinski definition) is 2. The monoisotopic (exact) mass is 562 g/mol. The second-order valence-corrected chi connectivity index (χ2v) is 12.0. The minimum atomic E-state index is -0.200. The average molecular weight is 563 g/mol. The van der Waals surface area contributed by atoms with Crippen molar-refractivity contribution in [3.8, 4) is 5.75 Å². The molecule has 0 aromatic heterocycles. The normalized spacial score (nSPS) is 25.5. The average Bonchev–Trinajstić information content (AvgIpc) is 3.00. The lowest BCUT2D eigenvalue weighted by molar-refractivity contribution is 0.0800. The largest absolute Gasteiger partial charge is 0.495 e. The molecule has 3 saturated heterocycles. The molecule has 0 amide bonds. The summed E-state index contributed by atoms with van der Waals surface area (Å²) in [5.41, 5.74) is 11.6. The molecular weight excluding hydrogens is 516 g/mol. The molecule has 5 aliphatic heterocycles. The number of fused-ring (bicyclic) bond motifs is 1. The molecule has 1 unspecified atom stereocenters. The Hall–Kier alpha value is -3.08. The number of nitrogens with one attached hydrogen (secondary N) is 1. The molecule has 0 radical (unpaired) electrons. The van der Waals surface area contributed by atoms with Crippen molar-refractivity contribution in [2.75, 3.05) is 78.6 Å². The van der Waals surface area contributed by atoms with Gasteiger partial charge in [-0.3, -0.25) is 4.90 Å². The molecule has 5 heterocycles. The fourth-order valence-electron chi connectivity index (χ4n) is 6.79. The van der Waals surface area contributed by atoms with Crippen molar-refractivity contribution in [2.45, 2.75) is 50.7 Å². The molecule has 10 heteroatoms. The summed E-state index contributed by atoms with van der Waals surface area (Å²) in [6, 6.07) is 7.36. The zero-order valence-electron chi connectivity index (χ0n) is 25.1. The third kappa shape index (κ3) is 5.69. The predicted molar refractivity (Wildman–Crippen MR) is 166 cm³/mol. The third-order valence-corrected chi connectivity index (χ3v) is 9.56. The van der Waals surface area contributed by atoms with Crippen molar-refractivity contribution in [1.82, 2.24) is 20.0 Å². The summed E-state index contributed by atoms with van der Waals surface area (Å²) in [7, 11) is 6.06. The van der Waals surface area contributed by atoms with Gasteiger partial charge < -0.3 is 35.2 Å². The zero-order chi connectivity index (χ0) is 28.5. The Morgan fingerprint density at radius 1 is 1.00 bits per heavy atom. The first kappa shape index (κ1) is 28.1. The van der Waals surface area contributed by atoms with Gasteiger partial charge in [0.1, 0.15) is 23.4 Å². The Kier molecular flexibility index (Phi) is 8.23. The molecular formula is C31H46N8O2. The van der Waals surface area contributed by atoms with Crippen LogP contribution in [-0.2, 0) is 4.74 Å². The second-order valence-electron chi connectivity index (χ2n) is 12.0. The Balaban J connectivity index is 1.22. The number of allylic oxidation sites excluding steroid dienone is 1. The number of nitrogens with zero attached hydrogens (tertiary/aromatic N) is 6. The van der Waals surface area contributed by atoms with Crippen LogP contribution in [0.1, 0.15) is 38.2 Å². The summed E-state index contributed by atoms with van der Waals surface area (Å²) in [6.07, 6.45) is 6.19. The Morgan fingerprint density at radius 2 is 1.73 bits per heavy atom. The number of hydrogen-bond acceptors (Lipinski definition) is 10. The van der Waals surface area contributed by atoms with Gasteiger partial charge in [-0.05, 0) is 57.4 Å². The van der Waals surface area contributed by atoms with E-state index in [1.54, 1.807) is 7.11 Å². The molecule has 0 aliphatic carbocycles. The highest BCUT2D eigenvalue weighted by Crippen LogP contribution is 2.37. The van der Waals surface area contributed by atoms with E-state index < -0.39 is 0 Å². The summed E-state index contributed by atoms with van der Waals surface area (Å²) in [5, 5.41) is 3.69. The molecule has 0 saturated carbocycles. The summed E-state index contributed by atoms with van der Waals surface area (Å²) >= 11 is 0. The molecule has 3 N–H and O–H groups in total. The number of methoxy groups -OCH3 is 1. The van der Waals surface area contributed by atoms with Gasteiger partial charge >= 0.3 is 0 Å². The van der Waals surface area contributed by atoms with Gasteiger partial charge in [0.15, 0.2) is 0 Å². The van der Waals surface area contributed by atoms with Crippen LogP contribution in [0.5, 0.6) is 5.75 Å². The number of amidine groups is 1. The van der Waals surface area contributed by atoms with Gasteiger partial charge in [-0.15, -0.1) is 0 Å². The van der Waals surface area contributed by atoms with E-state index in [2.05, 4.69) is 69.1 Å². The highest BCUT2D eigenvalue weighted by atomic mass is 16.5. The van der Waals surface area contributed by atoms with E-state index in [0.717, 1.165) is 78.9 Å². The molecule has 0 bridgehead atoms. The lowest BCUT2D eigenvalue weighted by Crippen LogP contribution is -2.52. The maximum absolute atomic E-state index is 6.45. The lowest BCUT2D eigenvalue weighted by atomic mass is 9.91. The molecule has 1 atom stereocenters. The predicted octanol–water partition coefficient (Wildman–Crippen LogP) is 2.34. The fourth-order valence-corrected chi connectivity index (χ4v) is 6.79. The van der Waals surface area contributed by atoms with Crippen molar-refractivity contribution in [3.05, 3.63) is 41.5 Å². The highest BCUT2D eigenvalue weighted by molar-refractivity contribution is 6.34. The number of nitrogens with two attached hydrogens (primary N) is 1. The summed E-state index contributed by atoms with van der Waals surface area (Å²) < 4.78 is 11.5. The van der Waals surface area contributed by atoms with E-state index in [1.165, 1.54) is 39.0 Å². The van der Waals surface area contributed by atoms with E-state index >= 15 is 0 Å². The first-order valence-electron chi connectivity index (χ1n) is 15.2. The Bertz CT molecular complexity index is 1230. The standard InChI is InChI=1S/C31H46N8O2/c1-21-31(34-23-9-17-41-18-10-23)35-28-25(20-33-30(32)29(28)37(21)3)22-5-6-26(27(19-22)40-4)39-11-7-24(8-12-39)38-15-13-36(2)14-16-38/h5-6,19-20,23-24,29,34H,7-18H2,1-4H3,(H2,32,33). The smallest absolute Gasteiger partial charge is 0.145 e. The molecule has 3 fully saturated rings. The highest BCUT2D eigenvalue weighted by Gasteiger charge is 2.36.